The van der Waals surface area contributed by atoms with E-state index in [1.165, 1.54) is 12.1 Å². The molecule has 0 aromatic heterocycles. The lowest BCUT2D eigenvalue weighted by Crippen LogP contribution is -2.37. The number of hydrogen-bond acceptors (Lipinski definition) is 3. The van der Waals surface area contributed by atoms with Gasteiger partial charge in [0.05, 0.1) is 17.1 Å². The first-order valence-corrected chi connectivity index (χ1v) is 11.1. The van der Waals surface area contributed by atoms with Crippen LogP contribution in [-0.2, 0) is 21.4 Å². The number of nitrogens with one attached hydrogen (secondary N) is 1. The number of benzene rings is 3. The van der Waals surface area contributed by atoms with E-state index in [1.54, 1.807) is 42.5 Å². The van der Waals surface area contributed by atoms with Crippen LogP contribution in [0.15, 0.2) is 76.1 Å². The summed E-state index contributed by atoms with van der Waals surface area (Å²) in [4.78, 5) is 12.4. The molecule has 0 unspecified atom stereocenters. The summed E-state index contributed by atoms with van der Waals surface area (Å²) in [6, 6.07) is 15.9. The molecule has 0 spiro atoms. The molecule has 0 fully saturated rings. The van der Waals surface area contributed by atoms with Crippen LogP contribution in [0.25, 0.3) is 0 Å². The average Bonchev–Trinajstić information content (AvgIpc) is 2.75. The fourth-order valence-electron chi connectivity index (χ4n) is 2.74. The fraction of sp³-hybridized carbons (Fsp3) is 0.0952. The molecule has 0 atom stereocenters. The molecule has 3 rings (SSSR count). The molecule has 31 heavy (non-hydrogen) atoms. The first-order valence-electron chi connectivity index (χ1n) is 8.91. The fourth-order valence-corrected chi connectivity index (χ4v) is 4.39. The van der Waals surface area contributed by atoms with Gasteiger partial charge in [0.15, 0.2) is 17.5 Å². The summed E-state index contributed by atoms with van der Waals surface area (Å²) in [7, 11) is -4.10. The predicted octanol–water partition coefficient (Wildman–Crippen LogP) is 4.70. The number of nitrogens with zero attached hydrogens (tertiary/aromatic N) is 1. The number of amides is 1. The van der Waals surface area contributed by atoms with Crippen molar-refractivity contribution in [1.29, 1.82) is 0 Å². The maximum atomic E-state index is 13.9. The van der Waals surface area contributed by atoms with Crippen molar-refractivity contribution in [3.63, 3.8) is 0 Å². The molecule has 1 amide bonds. The molecule has 0 bridgehead atoms. The Hall–Kier alpha value is -2.69. The molecule has 0 heterocycles. The van der Waals surface area contributed by atoms with Gasteiger partial charge < -0.3 is 5.32 Å². The topological polar surface area (TPSA) is 66.5 Å². The lowest BCUT2D eigenvalue weighted by molar-refractivity contribution is -0.116. The van der Waals surface area contributed by atoms with Crippen LogP contribution in [0.4, 0.5) is 18.9 Å². The van der Waals surface area contributed by atoms with E-state index in [0.29, 0.717) is 16.1 Å². The summed E-state index contributed by atoms with van der Waals surface area (Å²) in [5, 5.41) is 2.09. The van der Waals surface area contributed by atoms with E-state index in [9.17, 15) is 26.4 Å². The highest BCUT2D eigenvalue weighted by molar-refractivity contribution is 9.10. The molecule has 3 aromatic rings. The van der Waals surface area contributed by atoms with Gasteiger partial charge in [0, 0.05) is 11.0 Å². The van der Waals surface area contributed by atoms with Crippen molar-refractivity contribution in [2.24, 2.45) is 0 Å². The van der Waals surface area contributed by atoms with Crippen molar-refractivity contribution in [3.05, 3.63) is 94.2 Å². The third-order valence-corrected chi connectivity index (χ3v) is 6.62. The minimum absolute atomic E-state index is 0.0431. The molecular formula is C21H16BrF3N2O3S. The second kappa shape index (κ2) is 9.63. The second-order valence-corrected chi connectivity index (χ2v) is 9.34. The van der Waals surface area contributed by atoms with E-state index in [2.05, 4.69) is 21.2 Å². The summed E-state index contributed by atoms with van der Waals surface area (Å²) in [6.07, 6.45) is 0. The van der Waals surface area contributed by atoms with Gasteiger partial charge in [0.25, 0.3) is 0 Å². The van der Waals surface area contributed by atoms with Crippen LogP contribution in [0, 0.1) is 17.5 Å². The van der Waals surface area contributed by atoms with Gasteiger partial charge >= 0.3 is 0 Å². The number of sulfonamides is 1. The molecule has 0 radical (unpaired) electrons. The van der Waals surface area contributed by atoms with E-state index in [4.69, 9.17) is 0 Å². The normalized spacial score (nSPS) is 11.5. The van der Waals surface area contributed by atoms with E-state index < -0.39 is 45.6 Å². The second-order valence-electron chi connectivity index (χ2n) is 6.48. The number of carbonyl (C=O) groups excluding carboxylic acids is 1. The van der Waals surface area contributed by atoms with Gasteiger partial charge in [0.1, 0.15) is 0 Å². The molecule has 162 valence electrons. The molecule has 0 aliphatic carbocycles. The Balaban J connectivity index is 1.88. The average molecular weight is 513 g/mol. The number of carbonyl (C=O) groups is 1. The van der Waals surface area contributed by atoms with Crippen molar-refractivity contribution in [2.75, 3.05) is 11.9 Å². The Morgan fingerprint density at radius 3 is 2.19 bits per heavy atom. The molecule has 0 saturated heterocycles. The van der Waals surface area contributed by atoms with Crippen molar-refractivity contribution in [1.82, 2.24) is 4.31 Å². The van der Waals surface area contributed by atoms with Crippen LogP contribution in [0.2, 0.25) is 0 Å². The van der Waals surface area contributed by atoms with Crippen LogP contribution in [0.1, 0.15) is 5.56 Å². The number of halogens is 4. The third kappa shape index (κ3) is 5.52. The molecule has 10 heteroatoms. The molecule has 3 aromatic carbocycles. The highest BCUT2D eigenvalue weighted by Crippen LogP contribution is 2.22. The SMILES string of the molecule is O=C(CN(Cc1ccccc1)S(=O)(=O)c1ccc(Br)cc1)Nc1ccc(F)c(F)c1F. The number of hydrogen-bond donors (Lipinski definition) is 1. The van der Waals surface area contributed by atoms with Crippen molar-refractivity contribution in [2.45, 2.75) is 11.4 Å². The molecule has 1 N–H and O–H groups in total. The van der Waals surface area contributed by atoms with E-state index in [-0.39, 0.29) is 11.4 Å². The minimum Gasteiger partial charge on any atom is -0.322 e. The Morgan fingerprint density at radius 2 is 1.55 bits per heavy atom. The zero-order valence-corrected chi connectivity index (χ0v) is 18.3. The van der Waals surface area contributed by atoms with Gasteiger partial charge in [-0.25, -0.2) is 21.6 Å². The number of rotatable bonds is 7. The first kappa shape index (κ1) is 23.0. The van der Waals surface area contributed by atoms with Gasteiger partial charge in [-0.15, -0.1) is 0 Å². The van der Waals surface area contributed by atoms with Crippen LogP contribution >= 0.6 is 15.9 Å². The zero-order valence-electron chi connectivity index (χ0n) is 15.9. The lowest BCUT2D eigenvalue weighted by atomic mass is 10.2. The summed E-state index contributed by atoms with van der Waals surface area (Å²) in [5.41, 5.74) is 0.0274. The number of anilines is 1. The van der Waals surface area contributed by atoms with Gasteiger partial charge in [0.2, 0.25) is 15.9 Å². The van der Waals surface area contributed by atoms with E-state index >= 15 is 0 Å². The van der Waals surface area contributed by atoms with Gasteiger partial charge in [-0.1, -0.05) is 46.3 Å². The summed E-state index contributed by atoms with van der Waals surface area (Å²) in [5.74, 6) is -5.62. The predicted molar refractivity (Wildman–Crippen MR) is 113 cm³/mol. The minimum atomic E-state index is -4.10. The van der Waals surface area contributed by atoms with Crippen molar-refractivity contribution in [3.8, 4) is 0 Å². The largest absolute Gasteiger partial charge is 0.322 e. The Kier molecular flexibility index (Phi) is 7.14. The summed E-state index contributed by atoms with van der Waals surface area (Å²) in [6.45, 7) is -0.807. The van der Waals surface area contributed by atoms with E-state index in [0.717, 1.165) is 10.4 Å². The van der Waals surface area contributed by atoms with Crippen molar-refractivity contribution < 1.29 is 26.4 Å². The van der Waals surface area contributed by atoms with E-state index in [1.807, 2.05) is 0 Å². The van der Waals surface area contributed by atoms with Gasteiger partial charge in [-0.2, -0.15) is 4.31 Å². The van der Waals surface area contributed by atoms with Crippen LogP contribution in [0.3, 0.4) is 0 Å². The Morgan fingerprint density at radius 1 is 0.903 bits per heavy atom. The third-order valence-electron chi connectivity index (χ3n) is 4.28. The summed E-state index contributed by atoms with van der Waals surface area (Å²) >= 11 is 3.23. The first-order chi connectivity index (χ1) is 14.7. The zero-order chi connectivity index (χ0) is 22.6. The maximum Gasteiger partial charge on any atom is 0.243 e. The Labute approximate surface area is 185 Å². The highest BCUT2D eigenvalue weighted by Gasteiger charge is 2.27. The standard InChI is InChI=1S/C21H16BrF3N2O3S/c22-15-6-8-16(9-7-15)31(29,30)27(12-14-4-2-1-3-5-14)13-19(28)26-18-11-10-17(23)20(24)21(18)25/h1-11H,12-13H2,(H,26,28). The summed E-state index contributed by atoms with van der Waals surface area (Å²) < 4.78 is 68.3. The van der Waals surface area contributed by atoms with Crippen LogP contribution in [0.5, 0.6) is 0 Å². The smallest absolute Gasteiger partial charge is 0.243 e. The molecule has 0 aliphatic heterocycles. The quantitative estimate of drug-likeness (QED) is 0.466. The maximum absolute atomic E-state index is 13.9. The lowest BCUT2D eigenvalue weighted by Gasteiger charge is -2.22. The van der Waals surface area contributed by atoms with Crippen LogP contribution in [-0.4, -0.2) is 25.2 Å². The Bertz CT molecular complexity index is 1190. The molecule has 0 saturated carbocycles. The monoisotopic (exact) mass is 512 g/mol. The highest BCUT2D eigenvalue weighted by atomic mass is 79.9. The van der Waals surface area contributed by atoms with Gasteiger partial charge in [-0.3, -0.25) is 4.79 Å². The molecular weight excluding hydrogens is 497 g/mol. The molecule has 5 nitrogen and oxygen atoms in total. The van der Waals surface area contributed by atoms with Crippen LogP contribution < -0.4 is 5.32 Å². The van der Waals surface area contributed by atoms with Crippen molar-refractivity contribution >= 4 is 37.5 Å². The molecule has 0 aliphatic rings. The van der Waals surface area contributed by atoms with Gasteiger partial charge in [-0.05, 0) is 42.0 Å².